The van der Waals surface area contributed by atoms with Crippen LogP contribution in [0.15, 0.2) is 0 Å². The van der Waals surface area contributed by atoms with E-state index in [1.165, 1.54) is 0 Å². The average molecular weight is 252 g/mol. The summed E-state index contributed by atoms with van der Waals surface area (Å²) in [5.41, 5.74) is 0. The van der Waals surface area contributed by atoms with Crippen LogP contribution < -0.4 is 5.32 Å². The summed E-state index contributed by atoms with van der Waals surface area (Å²) in [6.07, 6.45) is -3.64. The molecule has 1 N–H and O–H groups in total. The van der Waals surface area contributed by atoms with E-state index in [2.05, 4.69) is 5.32 Å². The first-order valence-electron chi connectivity index (χ1n) is 5.29. The van der Waals surface area contributed by atoms with Crippen LogP contribution in [-0.4, -0.2) is 43.0 Å². The normalized spacial score (nSPS) is 23.1. The topological polar surface area (TPSA) is 49.4 Å². The molecule has 0 spiro atoms. The zero-order valence-electron chi connectivity index (χ0n) is 9.67. The van der Waals surface area contributed by atoms with E-state index >= 15 is 0 Å². The Morgan fingerprint density at radius 3 is 2.35 bits per heavy atom. The lowest BCUT2D eigenvalue weighted by Gasteiger charge is -2.19. The highest BCUT2D eigenvalue weighted by atomic mass is 19.4. The molecular formula is C10H15F3N2O2. The maximum Gasteiger partial charge on any atom is 0.406 e. The van der Waals surface area contributed by atoms with Crippen molar-refractivity contribution in [3.05, 3.63) is 0 Å². The van der Waals surface area contributed by atoms with E-state index in [1.54, 1.807) is 0 Å². The molecule has 2 amide bonds. The van der Waals surface area contributed by atoms with Gasteiger partial charge in [0.15, 0.2) is 0 Å². The number of hydrogen-bond acceptors (Lipinski definition) is 2. The van der Waals surface area contributed by atoms with E-state index in [1.807, 2.05) is 6.92 Å². The Bertz CT molecular complexity index is 317. The van der Waals surface area contributed by atoms with Crippen molar-refractivity contribution >= 4 is 11.8 Å². The maximum absolute atomic E-state index is 12.0. The second kappa shape index (κ2) is 4.93. The number of amides is 2. The van der Waals surface area contributed by atoms with Gasteiger partial charge >= 0.3 is 6.18 Å². The van der Waals surface area contributed by atoms with Crippen molar-refractivity contribution in [2.45, 2.75) is 19.5 Å². The number of nitrogens with one attached hydrogen (secondary N) is 1. The van der Waals surface area contributed by atoms with Crippen LogP contribution in [0.5, 0.6) is 0 Å². The first-order chi connectivity index (χ1) is 7.70. The molecule has 0 aromatic carbocycles. The van der Waals surface area contributed by atoms with Crippen LogP contribution in [-0.2, 0) is 9.59 Å². The number of rotatable bonds is 4. The minimum atomic E-state index is -4.42. The average Bonchev–Trinajstić information content (AvgIpc) is 2.88. The molecule has 0 aliphatic heterocycles. The molecule has 17 heavy (non-hydrogen) atoms. The van der Waals surface area contributed by atoms with E-state index in [4.69, 9.17) is 0 Å². The molecule has 1 fully saturated rings. The molecule has 0 saturated heterocycles. The lowest BCUT2D eigenvalue weighted by molar-refractivity contribution is -0.158. The first kappa shape index (κ1) is 13.8. The van der Waals surface area contributed by atoms with E-state index in [0.29, 0.717) is 10.8 Å². The summed E-state index contributed by atoms with van der Waals surface area (Å²) >= 11 is 0. The third-order valence-corrected chi connectivity index (χ3v) is 2.70. The molecule has 0 aromatic rings. The largest absolute Gasteiger partial charge is 0.406 e. The Kier molecular flexibility index (Phi) is 4.00. The van der Waals surface area contributed by atoms with Crippen molar-refractivity contribution in [2.24, 2.45) is 11.8 Å². The number of nitrogens with zero attached hydrogens (tertiary/aromatic N) is 1. The van der Waals surface area contributed by atoms with Crippen LogP contribution in [0.25, 0.3) is 0 Å². The van der Waals surface area contributed by atoms with Gasteiger partial charge in [0.05, 0.1) is 6.54 Å². The minimum Gasteiger partial charge on any atom is -0.347 e. The van der Waals surface area contributed by atoms with Gasteiger partial charge in [-0.2, -0.15) is 13.2 Å². The van der Waals surface area contributed by atoms with Crippen molar-refractivity contribution < 1.29 is 22.8 Å². The van der Waals surface area contributed by atoms with Gasteiger partial charge < -0.3 is 10.2 Å². The van der Waals surface area contributed by atoms with Crippen molar-refractivity contribution in [1.82, 2.24) is 10.2 Å². The summed E-state index contributed by atoms with van der Waals surface area (Å²) in [6.45, 7) is 0.220. The molecule has 1 saturated carbocycles. The third-order valence-electron chi connectivity index (χ3n) is 2.70. The second-order valence-corrected chi connectivity index (χ2v) is 4.40. The van der Waals surface area contributed by atoms with Gasteiger partial charge in [0.25, 0.3) is 0 Å². The Hall–Kier alpha value is -1.27. The highest BCUT2D eigenvalue weighted by Crippen LogP contribution is 2.37. The smallest absolute Gasteiger partial charge is 0.347 e. The first-order valence-corrected chi connectivity index (χ1v) is 5.29. The van der Waals surface area contributed by atoms with Crippen LogP contribution in [0, 0.1) is 11.8 Å². The van der Waals surface area contributed by atoms with Crippen molar-refractivity contribution in [1.29, 1.82) is 0 Å². The van der Waals surface area contributed by atoms with Gasteiger partial charge in [-0.1, -0.05) is 6.92 Å². The van der Waals surface area contributed by atoms with E-state index < -0.39 is 18.6 Å². The van der Waals surface area contributed by atoms with Crippen LogP contribution in [0.3, 0.4) is 0 Å². The fourth-order valence-corrected chi connectivity index (χ4v) is 1.47. The molecule has 0 aromatic heterocycles. The van der Waals surface area contributed by atoms with E-state index in [-0.39, 0.29) is 18.4 Å². The summed E-state index contributed by atoms with van der Waals surface area (Å²) < 4.78 is 35.9. The van der Waals surface area contributed by atoms with Gasteiger partial charge in [-0.3, -0.25) is 9.59 Å². The number of hydrogen-bond donors (Lipinski definition) is 1. The molecule has 0 heterocycles. The van der Waals surface area contributed by atoms with Gasteiger partial charge in [-0.25, -0.2) is 0 Å². The summed E-state index contributed by atoms with van der Waals surface area (Å²) in [4.78, 5) is 23.1. The number of likely N-dealkylation sites (N-methyl/N-ethyl adjacent to an activating group) is 1. The SMILES string of the molecule is CC1CC1C(=O)NCC(=O)N(C)CC(F)(F)F. The summed E-state index contributed by atoms with van der Waals surface area (Å²) in [6, 6.07) is 0. The Labute approximate surface area is 97.1 Å². The zero-order valence-corrected chi connectivity index (χ0v) is 9.67. The quantitative estimate of drug-likeness (QED) is 0.803. The van der Waals surface area contributed by atoms with Gasteiger partial charge in [0, 0.05) is 13.0 Å². The van der Waals surface area contributed by atoms with E-state index in [9.17, 15) is 22.8 Å². The van der Waals surface area contributed by atoms with E-state index in [0.717, 1.165) is 13.5 Å². The fraction of sp³-hybridized carbons (Fsp3) is 0.800. The third kappa shape index (κ3) is 4.62. The molecule has 0 radical (unpaired) electrons. The lowest BCUT2D eigenvalue weighted by atomic mass is 10.3. The number of halogens is 3. The standard InChI is InChI=1S/C10H15F3N2O2/c1-6-3-7(6)9(17)14-4-8(16)15(2)5-10(11,12)13/h6-7H,3-5H2,1-2H3,(H,14,17). The molecular weight excluding hydrogens is 237 g/mol. The summed E-state index contributed by atoms with van der Waals surface area (Å²) in [5, 5.41) is 2.34. The highest BCUT2D eigenvalue weighted by molar-refractivity contribution is 5.87. The van der Waals surface area contributed by atoms with Gasteiger partial charge in [0.2, 0.25) is 11.8 Å². The Morgan fingerprint density at radius 1 is 1.41 bits per heavy atom. The summed E-state index contributed by atoms with van der Waals surface area (Å²) in [5.74, 6) is -0.788. The van der Waals surface area contributed by atoms with Gasteiger partial charge in [0.1, 0.15) is 6.54 Å². The van der Waals surface area contributed by atoms with Crippen molar-refractivity contribution in [3.8, 4) is 0 Å². The number of alkyl halides is 3. The molecule has 4 nitrogen and oxygen atoms in total. The molecule has 7 heteroatoms. The fourth-order valence-electron chi connectivity index (χ4n) is 1.47. The predicted molar refractivity (Wildman–Crippen MR) is 54.0 cm³/mol. The molecule has 0 bridgehead atoms. The Morgan fingerprint density at radius 2 is 1.94 bits per heavy atom. The van der Waals surface area contributed by atoms with Crippen LogP contribution in [0.1, 0.15) is 13.3 Å². The van der Waals surface area contributed by atoms with Crippen LogP contribution in [0.2, 0.25) is 0 Å². The maximum atomic E-state index is 12.0. The van der Waals surface area contributed by atoms with Crippen LogP contribution >= 0.6 is 0 Å². The number of carbonyl (C=O) groups excluding carboxylic acids is 2. The number of carbonyl (C=O) groups is 2. The molecule has 2 atom stereocenters. The molecule has 1 rings (SSSR count). The zero-order chi connectivity index (χ0) is 13.2. The Balaban J connectivity index is 2.27. The molecule has 98 valence electrons. The molecule has 1 aliphatic rings. The summed E-state index contributed by atoms with van der Waals surface area (Å²) in [7, 11) is 1.06. The van der Waals surface area contributed by atoms with Gasteiger partial charge in [-0.05, 0) is 12.3 Å². The molecule has 1 aliphatic carbocycles. The van der Waals surface area contributed by atoms with Crippen molar-refractivity contribution in [2.75, 3.05) is 20.1 Å². The lowest BCUT2D eigenvalue weighted by Crippen LogP contribution is -2.42. The predicted octanol–water partition coefficient (Wildman–Crippen LogP) is 0.779. The second-order valence-electron chi connectivity index (χ2n) is 4.40. The monoisotopic (exact) mass is 252 g/mol. The van der Waals surface area contributed by atoms with Gasteiger partial charge in [-0.15, -0.1) is 0 Å². The highest BCUT2D eigenvalue weighted by Gasteiger charge is 2.39. The van der Waals surface area contributed by atoms with Crippen LogP contribution in [0.4, 0.5) is 13.2 Å². The minimum absolute atomic E-state index is 0.0873. The van der Waals surface area contributed by atoms with Crippen molar-refractivity contribution in [3.63, 3.8) is 0 Å². The molecule has 2 unspecified atom stereocenters.